The third kappa shape index (κ3) is 5.17. The van der Waals surface area contributed by atoms with E-state index in [-0.39, 0.29) is 35.2 Å². The smallest absolute Gasteiger partial charge is 0.233 e. The second kappa shape index (κ2) is 10.3. The van der Waals surface area contributed by atoms with Crippen LogP contribution in [0.25, 0.3) is 17.1 Å². The molecule has 0 radical (unpaired) electrons. The molecule has 1 aliphatic heterocycles. The van der Waals surface area contributed by atoms with Gasteiger partial charge in [-0.2, -0.15) is 0 Å². The van der Waals surface area contributed by atoms with E-state index in [1.165, 1.54) is 17.8 Å². The molecular formula is C24H27FN4O3S2. The summed E-state index contributed by atoms with van der Waals surface area (Å²) in [7, 11) is -3.12. The first-order valence-electron chi connectivity index (χ1n) is 11.2. The van der Waals surface area contributed by atoms with Gasteiger partial charge in [-0.25, -0.2) is 12.8 Å². The van der Waals surface area contributed by atoms with Crippen LogP contribution in [0.1, 0.15) is 26.7 Å². The Morgan fingerprint density at radius 2 is 1.88 bits per heavy atom. The number of carbonyl (C=O) groups excluding carboxylic acids is 1. The van der Waals surface area contributed by atoms with Gasteiger partial charge < -0.3 is 4.90 Å². The normalized spacial score (nSPS) is 18.0. The van der Waals surface area contributed by atoms with Gasteiger partial charge in [0, 0.05) is 17.8 Å². The zero-order chi connectivity index (χ0) is 24.3. The fourth-order valence-corrected chi connectivity index (χ4v) is 6.72. The molecule has 7 nitrogen and oxygen atoms in total. The van der Waals surface area contributed by atoms with Gasteiger partial charge in [0.05, 0.1) is 22.8 Å². The van der Waals surface area contributed by atoms with Gasteiger partial charge >= 0.3 is 0 Å². The van der Waals surface area contributed by atoms with Crippen molar-refractivity contribution in [3.05, 3.63) is 60.4 Å². The van der Waals surface area contributed by atoms with Gasteiger partial charge in [-0.15, -0.1) is 10.2 Å². The Balaban J connectivity index is 1.62. The highest BCUT2D eigenvalue weighted by molar-refractivity contribution is 7.99. The number of thioether (sulfide) groups is 1. The molecule has 0 saturated carbocycles. The lowest BCUT2D eigenvalue weighted by Gasteiger charge is -2.33. The zero-order valence-corrected chi connectivity index (χ0v) is 20.7. The molecule has 2 aromatic carbocycles. The molecule has 0 aliphatic carbocycles. The molecule has 0 unspecified atom stereocenters. The number of nitrogens with zero attached hydrogens (tertiary/aromatic N) is 4. The SMILES string of the molecule is CC[C@H](C)N(C(=O)CSc1nnc(-c2ccccc2F)n1-c1ccccc1)[C@@H]1CCS(=O)(=O)C1. The van der Waals surface area contributed by atoms with Gasteiger partial charge in [0.15, 0.2) is 20.8 Å². The minimum atomic E-state index is -3.12. The second-order valence-corrected chi connectivity index (χ2v) is 11.5. The highest BCUT2D eigenvalue weighted by Gasteiger charge is 2.36. The Kier molecular flexibility index (Phi) is 7.37. The number of aromatic nitrogens is 3. The minimum Gasteiger partial charge on any atom is -0.335 e. The molecule has 1 amide bonds. The van der Waals surface area contributed by atoms with Crippen LogP contribution in [0.3, 0.4) is 0 Å². The summed E-state index contributed by atoms with van der Waals surface area (Å²) in [6, 6.07) is 15.3. The molecule has 10 heteroatoms. The molecule has 1 aliphatic rings. The summed E-state index contributed by atoms with van der Waals surface area (Å²) < 4.78 is 40.4. The van der Waals surface area contributed by atoms with Crippen LogP contribution in [0.15, 0.2) is 59.8 Å². The summed E-state index contributed by atoms with van der Waals surface area (Å²) in [5.74, 6) is -0.0186. The fourth-order valence-electron chi connectivity index (χ4n) is 4.19. The van der Waals surface area contributed by atoms with Gasteiger partial charge in [0.1, 0.15) is 5.82 Å². The van der Waals surface area contributed by atoms with Crippen LogP contribution in [-0.4, -0.2) is 63.3 Å². The van der Waals surface area contributed by atoms with Gasteiger partial charge in [-0.3, -0.25) is 9.36 Å². The van der Waals surface area contributed by atoms with E-state index in [2.05, 4.69) is 10.2 Å². The molecule has 0 bridgehead atoms. The quantitative estimate of drug-likeness (QED) is 0.433. The van der Waals surface area contributed by atoms with E-state index in [0.29, 0.717) is 23.0 Å². The van der Waals surface area contributed by atoms with Crippen molar-refractivity contribution in [1.29, 1.82) is 0 Å². The van der Waals surface area contributed by atoms with Crippen LogP contribution in [0.2, 0.25) is 0 Å². The van der Waals surface area contributed by atoms with Crippen LogP contribution >= 0.6 is 11.8 Å². The first-order valence-corrected chi connectivity index (χ1v) is 14.0. The third-order valence-corrected chi connectivity index (χ3v) is 8.71. The number of hydrogen-bond acceptors (Lipinski definition) is 6. The van der Waals surface area contributed by atoms with E-state index >= 15 is 0 Å². The number of halogens is 1. The second-order valence-electron chi connectivity index (χ2n) is 8.36. The summed E-state index contributed by atoms with van der Waals surface area (Å²) in [4.78, 5) is 15.0. The summed E-state index contributed by atoms with van der Waals surface area (Å²) in [5.41, 5.74) is 1.07. The zero-order valence-electron chi connectivity index (χ0n) is 19.1. The van der Waals surface area contributed by atoms with Gasteiger partial charge in [0.25, 0.3) is 0 Å². The summed E-state index contributed by atoms with van der Waals surface area (Å²) in [5, 5.41) is 8.97. The van der Waals surface area contributed by atoms with Crippen molar-refractivity contribution in [3.8, 4) is 17.1 Å². The van der Waals surface area contributed by atoms with Gasteiger partial charge in [0.2, 0.25) is 5.91 Å². The maximum absolute atomic E-state index is 14.6. The molecule has 1 aromatic heterocycles. The molecule has 0 spiro atoms. The topological polar surface area (TPSA) is 85.2 Å². The molecule has 3 aromatic rings. The number of carbonyl (C=O) groups is 1. The Morgan fingerprint density at radius 3 is 2.53 bits per heavy atom. The standard InChI is InChI=1S/C24H27FN4O3S2/c1-3-17(2)28(19-13-14-34(31,32)16-19)22(30)15-33-24-27-26-23(20-11-7-8-12-21(20)25)29(24)18-9-5-4-6-10-18/h4-12,17,19H,3,13-16H2,1-2H3/t17-,19+/m0/s1. The third-order valence-electron chi connectivity index (χ3n) is 6.04. The van der Waals surface area contributed by atoms with Crippen LogP contribution < -0.4 is 0 Å². The number of benzene rings is 2. The van der Waals surface area contributed by atoms with E-state index in [4.69, 9.17) is 0 Å². The largest absolute Gasteiger partial charge is 0.335 e. The number of rotatable bonds is 8. The van der Waals surface area contributed by atoms with Crippen molar-refractivity contribution in [2.75, 3.05) is 17.3 Å². The number of amides is 1. The lowest BCUT2D eigenvalue weighted by Crippen LogP contribution is -2.47. The van der Waals surface area contributed by atoms with Crippen LogP contribution in [-0.2, 0) is 14.6 Å². The van der Waals surface area contributed by atoms with E-state index in [1.807, 2.05) is 44.2 Å². The van der Waals surface area contributed by atoms with E-state index in [9.17, 15) is 17.6 Å². The Bertz CT molecular complexity index is 1260. The van der Waals surface area contributed by atoms with Crippen molar-refractivity contribution in [2.45, 2.75) is 43.9 Å². The van der Waals surface area contributed by atoms with Crippen LogP contribution in [0, 0.1) is 5.82 Å². The molecule has 180 valence electrons. The average Bonchev–Trinajstić information content (AvgIpc) is 3.41. The first kappa shape index (κ1) is 24.4. The summed E-state index contributed by atoms with van der Waals surface area (Å²) >= 11 is 1.21. The van der Waals surface area contributed by atoms with Crippen molar-refractivity contribution in [2.24, 2.45) is 0 Å². The molecule has 34 heavy (non-hydrogen) atoms. The van der Waals surface area contributed by atoms with Crippen molar-refractivity contribution < 1.29 is 17.6 Å². The first-order chi connectivity index (χ1) is 16.3. The predicted octanol–water partition coefficient (Wildman–Crippen LogP) is 3.98. The molecule has 1 saturated heterocycles. The summed E-state index contributed by atoms with van der Waals surface area (Å²) in [6.45, 7) is 3.92. The molecule has 0 N–H and O–H groups in total. The fraction of sp³-hybridized carbons (Fsp3) is 0.375. The molecular weight excluding hydrogens is 475 g/mol. The molecule has 1 fully saturated rings. The lowest BCUT2D eigenvalue weighted by molar-refractivity contribution is -0.132. The molecule has 2 atom stereocenters. The highest BCUT2D eigenvalue weighted by Crippen LogP contribution is 2.30. The van der Waals surface area contributed by atoms with Crippen molar-refractivity contribution in [3.63, 3.8) is 0 Å². The maximum Gasteiger partial charge on any atom is 0.233 e. The van der Waals surface area contributed by atoms with E-state index in [1.54, 1.807) is 27.7 Å². The minimum absolute atomic E-state index is 0.00533. The monoisotopic (exact) mass is 502 g/mol. The number of para-hydroxylation sites is 1. The highest BCUT2D eigenvalue weighted by atomic mass is 32.2. The Labute approximate surface area is 203 Å². The number of sulfone groups is 1. The molecule has 2 heterocycles. The average molecular weight is 503 g/mol. The van der Waals surface area contributed by atoms with E-state index in [0.717, 1.165) is 12.1 Å². The Hall–Kier alpha value is -2.72. The van der Waals surface area contributed by atoms with Crippen molar-refractivity contribution in [1.82, 2.24) is 19.7 Å². The van der Waals surface area contributed by atoms with E-state index < -0.39 is 15.7 Å². The number of hydrogen-bond donors (Lipinski definition) is 0. The lowest BCUT2D eigenvalue weighted by atomic mass is 10.1. The van der Waals surface area contributed by atoms with Gasteiger partial charge in [-0.1, -0.05) is 49.0 Å². The molecule has 4 rings (SSSR count). The van der Waals surface area contributed by atoms with Gasteiger partial charge in [-0.05, 0) is 44.0 Å². The van der Waals surface area contributed by atoms with Crippen LogP contribution in [0.5, 0.6) is 0 Å². The summed E-state index contributed by atoms with van der Waals surface area (Å²) in [6.07, 6.45) is 1.19. The van der Waals surface area contributed by atoms with Crippen molar-refractivity contribution >= 4 is 27.5 Å². The van der Waals surface area contributed by atoms with Crippen LogP contribution in [0.4, 0.5) is 4.39 Å². The predicted molar refractivity (Wildman–Crippen MR) is 131 cm³/mol. The maximum atomic E-state index is 14.6. The Morgan fingerprint density at radius 1 is 1.18 bits per heavy atom.